The third-order valence-corrected chi connectivity index (χ3v) is 3.01. The number of carbonyl (C=O) groups excluding carboxylic acids is 2. The second-order valence-electron chi connectivity index (χ2n) is 4.21. The molecule has 0 saturated carbocycles. The summed E-state index contributed by atoms with van der Waals surface area (Å²) in [6.07, 6.45) is -0.500. The van der Waals surface area contributed by atoms with Crippen molar-refractivity contribution in [2.45, 2.75) is 25.8 Å². The van der Waals surface area contributed by atoms with Crippen LogP contribution in [0.5, 0.6) is 0 Å². The molecule has 1 saturated heterocycles. The van der Waals surface area contributed by atoms with Gasteiger partial charge in [-0.3, -0.25) is 4.55 Å². The van der Waals surface area contributed by atoms with Gasteiger partial charge < -0.3 is 36.2 Å². The molecule has 1 aliphatic rings. The molecule has 1 atom stereocenters. The van der Waals surface area contributed by atoms with Gasteiger partial charge in [0.2, 0.25) is 0 Å². The predicted molar refractivity (Wildman–Crippen MR) is 75.1 cm³/mol. The summed E-state index contributed by atoms with van der Waals surface area (Å²) in [6.45, 7) is 5.93. The molecule has 10 nitrogen and oxygen atoms in total. The second-order valence-corrected chi connectivity index (χ2v) is 5.95. The van der Waals surface area contributed by atoms with E-state index in [9.17, 15) is 28.2 Å². The Hall–Kier alpha value is 0.730. The van der Waals surface area contributed by atoms with Gasteiger partial charge in [0.15, 0.2) is 0 Å². The van der Waals surface area contributed by atoms with E-state index in [2.05, 4.69) is 10.6 Å². The van der Waals surface area contributed by atoms with Gasteiger partial charge in [0.05, 0.1) is 11.7 Å². The summed E-state index contributed by atoms with van der Waals surface area (Å²) in [7, 11) is -3.66. The van der Waals surface area contributed by atoms with Crippen molar-refractivity contribution in [3.05, 3.63) is 0 Å². The largest absolute Gasteiger partial charge is 1.00 e. The first kappa shape index (κ1) is 32.4. The van der Waals surface area contributed by atoms with Gasteiger partial charge in [-0.2, -0.15) is 8.42 Å². The molecular formula is C11H23N3Na2O7S. The van der Waals surface area contributed by atoms with Crippen LogP contribution >= 0.6 is 0 Å². The van der Waals surface area contributed by atoms with Crippen molar-refractivity contribution in [2.24, 2.45) is 5.73 Å². The molecule has 132 valence electrons. The zero-order chi connectivity index (χ0) is 17.6. The summed E-state index contributed by atoms with van der Waals surface area (Å²) in [5.74, 6) is -2.95. The average molecular weight is 387 g/mol. The third-order valence-electron chi connectivity index (χ3n) is 2.28. The molecule has 1 fully saturated rings. The van der Waals surface area contributed by atoms with Crippen LogP contribution in [0.1, 0.15) is 19.8 Å². The van der Waals surface area contributed by atoms with Crippen LogP contribution in [0.4, 0.5) is 0 Å². The molecule has 1 aliphatic heterocycles. The van der Waals surface area contributed by atoms with Gasteiger partial charge in [-0.1, -0.05) is 0 Å². The molecular weight excluding hydrogens is 364 g/mol. The topological polar surface area (TPSA) is 185 Å². The number of hydrogen-bond donors (Lipinski definition) is 4. The van der Waals surface area contributed by atoms with Gasteiger partial charge in [0.25, 0.3) is 10.1 Å². The fourth-order valence-electron chi connectivity index (χ4n) is 0.995. The van der Waals surface area contributed by atoms with Crippen LogP contribution in [-0.4, -0.2) is 62.9 Å². The molecule has 1 heterocycles. The van der Waals surface area contributed by atoms with Crippen molar-refractivity contribution < 1.29 is 91.9 Å². The molecule has 0 radical (unpaired) electrons. The number of rotatable bonds is 5. The fourth-order valence-corrected chi connectivity index (χ4v) is 0.995. The van der Waals surface area contributed by atoms with Crippen molar-refractivity contribution in [1.29, 1.82) is 0 Å². The summed E-state index contributed by atoms with van der Waals surface area (Å²) >= 11 is 0. The Morgan fingerprint density at radius 1 is 1.12 bits per heavy atom. The third kappa shape index (κ3) is 30.6. The molecule has 1 rings (SSSR count). The summed E-state index contributed by atoms with van der Waals surface area (Å²) in [4.78, 5) is 19.6. The zero-order valence-corrected chi connectivity index (χ0v) is 19.2. The zero-order valence-electron chi connectivity index (χ0n) is 14.4. The Kier molecular flexibility index (Phi) is 27.1. The number of carboxylic acid groups (broad SMARTS) is 2. The van der Waals surface area contributed by atoms with E-state index in [1.165, 1.54) is 6.92 Å². The number of aliphatic carboxylic acids is 2. The standard InChI is InChI=1S/C5H9NO4.C4H10N2.C2H6O3S.2Na/c6-3(5(9)10)1-2-4(7)8;1-2-6-4-3-5-1;1-2-6(3,4)5;;/h3H,1-2,6H2,(H,7,8)(H,9,10);5-6H,1-4H2;2H2,1H3,(H,3,4,5);;/q;;;2*+1/p-2. The molecule has 0 aromatic heterocycles. The molecule has 24 heavy (non-hydrogen) atoms. The van der Waals surface area contributed by atoms with Gasteiger partial charge in [0, 0.05) is 38.2 Å². The minimum Gasteiger partial charge on any atom is -0.550 e. The minimum absolute atomic E-state index is 0. The molecule has 0 spiro atoms. The number of carbonyl (C=O) groups is 2. The fraction of sp³-hybridized carbons (Fsp3) is 0.818. The number of carboxylic acids is 2. The molecule has 0 amide bonds. The van der Waals surface area contributed by atoms with Crippen LogP contribution in [0.2, 0.25) is 0 Å². The molecule has 0 aromatic carbocycles. The Labute approximate surface area is 186 Å². The number of nitrogens with one attached hydrogen (secondary N) is 2. The number of piperazine rings is 1. The van der Waals surface area contributed by atoms with Crippen molar-refractivity contribution >= 4 is 22.1 Å². The van der Waals surface area contributed by atoms with Gasteiger partial charge in [0.1, 0.15) is 0 Å². The van der Waals surface area contributed by atoms with E-state index in [-0.39, 0.29) is 77.7 Å². The maximum absolute atomic E-state index is 9.86. The molecule has 0 aromatic rings. The van der Waals surface area contributed by atoms with Crippen molar-refractivity contribution in [1.82, 2.24) is 10.6 Å². The van der Waals surface area contributed by atoms with Gasteiger partial charge >= 0.3 is 59.1 Å². The average Bonchev–Trinajstić information content (AvgIpc) is 2.47. The molecule has 13 heteroatoms. The van der Waals surface area contributed by atoms with E-state index < -0.39 is 28.1 Å². The van der Waals surface area contributed by atoms with E-state index in [1.807, 2.05) is 0 Å². The van der Waals surface area contributed by atoms with Crippen LogP contribution < -0.4 is 85.7 Å². The van der Waals surface area contributed by atoms with Crippen molar-refractivity contribution in [3.63, 3.8) is 0 Å². The van der Waals surface area contributed by atoms with Crippen LogP contribution in [-0.2, 0) is 19.7 Å². The summed E-state index contributed by atoms with van der Waals surface area (Å²) in [5, 5.41) is 26.1. The van der Waals surface area contributed by atoms with E-state index in [1.54, 1.807) is 0 Å². The van der Waals surface area contributed by atoms with Gasteiger partial charge in [-0.15, -0.1) is 0 Å². The first-order valence-corrected chi connectivity index (χ1v) is 8.24. The number of hydrogen-bond acceptors (Lipinski definition) is 9. The first-order chi connectivity index (χ1) is 10.1. The minimum atomic E-state index is -3.66. The van der Waals surface area contributed by atoms with Crippen LogP contribution in [0, 0.1) is 0 Å². The predicted octanol–water partition coefficient (Wildman–Crippen LogP) is -10.3. The Balaban J connectivity index is -0.000000125. The summed E-state index contributed by atoms with van der Waals surface area (Å²) in [5.41, 5.74) is 4.91. The van der Waals surface area contributed by atoms with E-state index >= 15 is 0 Å². The molecule has 0 bridgehead atoms. The SMILES string of the molecule is C1CNCCN1.CCS(=O)(=O)O.NC(CCC(=O)[O-])C(=O)[O-].[Na+].[Na+]. The monoisotopic (exact) mass is 387 g/mol. The second kappa shape index (κ2) is 20.0. The Morgan fingerprint density at radius 3 is 1.62 bits per heavy atom. The first-order valence-electron chi connectivity index (χ1n) is 6.63. The van der Waals surface area contributed by atoms with Gasteiger partial charge in [-0.05, 0) is 19.8 Å². The van der Waals surface area contributed by atoms with Crippen molar-refractivity contribution in [3.8, 4) is 0 Å². The normalized spacial score (nSPS) is 14.1. The summed E-state index contributed by atoms with van der Waals surface area (Å²) in [6, 6.07) is -1.21. The van der Waals surface area contributed by atoms with Gasteiger partial charge in [-0.25, -0.2) is 0 Å². The molecule has 0 aliphatic carbocycles. The quantitative estimate of drug-likeness (QED) is 0.261. The van der Waals surface area contributed by atoms with Crippen LogP contribution in [0.3, 0.4) is 0 Å². The molecule has 1 unspecified atom stereocenters. The Morgan fingerprint density at radius 2 is 1.46 bits per heavy atom. The number of nitrogens with two attached hydrogens (primary N) is 1. The van der Waals surface area contributed by atoms with E-state index in [4.69, 9.17) is 10.3 Å². The van der Waals surface area contributed by atoms with E-state index in [0.29, 0.717) is 0 Å². The maximum atomic E-state index is 9.86. The van der Waals surface area contributed by atoms with Crippen LogP contribution in [0.25, 0.3) is 0 Å². The van der Waals surface area contributed by atoms with E-state index in [0.717, 1.165) is 26.2 Å². The molecule has 5 N–H and O–H groups in total. The van der Waals surface area contributed by atoms with Crippen LogP contribution in [0.15, 0.2) is 0 Å². The summed E-state index contributed by atoms with van der Waals surface area (Å²) < 4.78 is 26.9. The Bertz CT molecular complexity index is 408. The maximum Gasteiger partial charge on any atom is 1.00 e. The van der Waals surface area contributed by atoms with Crippen molar-refractivity contribution in [2.75, 3.05) is 31.9 Å². The smallest absolute Gasteiger partial charge is 0.550 e.